The summed E-state index contributed by atoms with van der Waals surface area (Å²) in [4.78, 5) is 11.0. The maximum atomic E-state index is 11.0. The molecule has 4 heteroatoms. The van der Waals surface area contributed by atoms with Gasteiger partial charge in [0, 0.05) is 28.1 Å². The Labute approximate surface area is 103 Å². The lowest BCUT2D eigenvalue weighted by molar-refractivity contribution is -0.122. The molecule has 0 saturated carbocycles. The highest BCUT2D eigenvalue weighted by atomic mass is 127. The fourth-order valence-corrected chi connectivity index (χ4v) is 2.41. The minimum atomic E-state index is 0.149. The van der Waals surface area contributed by atoms with Gasteiger partial charge in [0.1, 0.15) is 0 Å². The molecule has 1 saturated heterocycles. The second-order valence-corrected chi connectivity index (χ2v) is 5.06. The Bertz CT molecular complexity index is 382. The monoisotopic (exact) mass is 316 g/mol. The average molecular weight is 316 g/mol. The average Bonchev–Trinajstić information content (AvgIpc) is 2.23. The molecule has 0 aromatic heterocycles. The molecule has 0 radical (unpaired) electrons. The first-order chi connectivity index (χ1) is 7.16. The summed E-state index contributed by atoms with van der Waals surface area (Å²) in [7, 11) is 0. The predicted octanol–water partition coefficient (Wildman–Crippen LogP) is 1.87. The summed E-state index contributed by atoms with van der Waals surface area (Å²) in [6.07, 6.45) is 1.51. The number of nitrogens with two attached hydrogens (primary N) is 1. The number of anilines is 1. The Hall–Kier alpha value is -0.780. The van der Waals surface area contributed by atoms with Crippen LogP contribution in [0, 0.1) is 3.57 Å². The van der Waals surface area contributed by atoms with E-state index in [9.17, 15) is 4.79 Å². The van der Waals surface area contributed by atoms with Crippen molar-refractivity contribution >= 4 is 34.2 Å². The van der Waals surface area contributed by atoms with E-state index in [2.05, 4.69) is 34.0 Å². The van der Waals surface area contributed by atoms with E-state index in [1.807, 2.05) is 12.1 Å². The van der Waals surface area contributed by atoms with Crippen LogP contribution in [0.2, 0.25) is 0 Å². The SMILES string of the molecule is Nc1ccc(I)cc1C1CCC(=O)NC1. The Morgan fingerprint density at radius 2 is 2.27 bits per heavy atom. The summed E-state index contributed by atoms with van der Waals surface area (Å²) < 4.78 is 1.19. The minimum absolute atomic E-state index is 0.149. The molecule has 0 aliphatic carbocycles. The van der Waals surface area contributed by atoms with Crippen LogP contribution in [0.25, 0.3) is 0 Å². The molecule has 1 fully saturated rings. The number of hydrogen-bond donors (Lipinski definition) is 2. The molecule has 1 aromatic carbocycles. The Balaban J connectivity index is 2.21. The number of hydrogen-bond acceptors (Lipinski definition) is 2. The third-order valence-electron chi connectivity index (χ3n) is 2.75. The molecule has 3 N–H and O–H groups in total. The molecule has 0 spiro atoms. The van der Waals surface area contributed by atoms with Crippen LogP contribution < -0.4 is 11.1 Å². The van der Waals surface area contributed by atoms with Gasteiger partial charge in [-0.3, -0.25) is 4.79 Å². The van der Waals surface area contributed by atoms with E-state index in [1.54, 1.807) is 0 Å². The first kappa shape index (κ1) is 10.7. The van der Waals surface area contributed by atoms with Crippen molar-refractivity contribution in [3.8, 4) is 0 Å². The lowest BCUT2D eigenvalue weighted by Gasteiger charge is -2.24. The molecule has 2 rings (SSSR count). The number of rotatable bonds is 1. The quantitative estimate of drug-likeness (QED) is 0.614. The van der Waals surface area contributed by atoms with E-state index >= 15 is 0 Å². The number of nitrogens with one attached hydrogen (secondary N) is 1. The number of benzene rings is 1. The van der Waals surface area contributed by atoms with Crippen LogP contribution in [0.15, 0.2) is 18.2 Å². The Morgan fingerprint density at radius 1 is 1.47 bits per heavy atom. The second kappa shape index (κ2) is 4.38. The molecule has 3 nitrogen and oxygen atoms in total. The molecular weight excluding hydrogens is 303 g/mol. The lowest BCUT2D eigenvalue weighted by atomic mass is 9.90. The van der Waals surface area contributed by atoms with Gasteiger partial charge in [0.15, 0.2) is 0 Å². The maximum absolute atomic E-state index is 11.0. The van der Waals surface area contributed by atoms with Gasteiger partial charge in [-0.25, -0.2) is 0 Å². The van der Waals surface area contributed by atoms with Gasteiger partial charge in [0.25, 0.3) is 0 Å². The zero-order chi connectivity index (χ0) is 10.8. The smallest absolute Gasteiger partial charge is 0.220 e. The molecular formula is C11H13IN2O. The largest absolute Gasteiger partial charge is 0.398 e. The number of halogens is 1. The summed E-state index contributed by atoms with van der Waals surface area (Å²) >= 11 is 2.28. The molecule has 1 unspecified atom stereocenters. The van der Waals surface area contributed by atoms with E-state index in [0.29, 0.717) is 18.9 Å². The fourth-order valence-electron chi connectivity index (χ4n) is 1.90. The molecule has 1 aliphatic rings. The van der Waals surface area contributed by atoms with Gasteiger partial charge in [-0.2, -0.15) is 0 Å². The van der Waals surface area contributed by atoms with Gasteiger partial charge in [0.2, 0.25) is 5.91 Å². The number of nitrogen functional groups attached to an aromatic ring is 1. The standard InChI is InChI=1S/C11H13IN2O/c12-8-2-3-10(13)9(5-8)7-1-4-11(15)14-6-7/h2-3,5,7H,1,4,6,13H2,(H,14,15). The van der Waals surface area contributed by atoms with Gasteiger partial charge in [0.05, 0.1) is 0 Å². The predicted molar refractivity (Wildman–Crippen MR) is 68.6 cm³/mol. The summed E-state index contributed by atoms with van der Waals surface area (Å²) in [5.41, 5.74) is 7.94. The Kier molecular flexibility index (Phi) is 3.14. The summed E-state index contributed by atoms with van der Waals surface area (Å²) in [6.45, 7) is 0.711. The van der Waals surface area contributed by atoms with Crippen LogP contribution in [-0.4, -0.2) is 12.5 Å². The molecule has 1 atom stereocenters. The minimum Gasteiger partial charge on any atom is -0.398 e. The van der Waals surface area contributed by atoms with Crippen LogP contribution >= 0.6 is 22.6 Å². The van der Waals surface area contributed by atoms with Gasteiger partial charge in [-0.1, -0.05) is 0 Å². The normalized spacial score (nSPS) is 21.1. The van der Waals surface area contributed by atoms with Gasteiger partial charge >= 0.3 is 0 Å². The highest BCUT2D eigenvalue weighted by Crippen LogP contribution is 2.29. The number of piperidine rings is 1. The maximum Gasteiger partial charge on any atom is 0.220 e. The fraction of sp³-hybridized carbons (Fsp3) is 0.364. The molecule has 15 heavy (non-hydrogen) atoms. The third kappa shape index (κ3) is 2.42. The molecule has 80 valence electrons. The lowest BCUT2D eigenvalue weighted by Crippen LogP contribution is -2.33. The van der Waals surface area contributed by atoms with E-state index in [0.717, 1.165) is 12.1 Å². The van der Waals surface area contributed by atoms with E-state index < -0.39 is 0 Å². The van der Waals surface area contributed by atoms with Crippen LogP contribution in [0.3, 0.4) is 0 Å². The first-order valence-electron chi connectivity index (χ1n) is 4.98. The second-order valence-electron chi connectivity index (χ2n) is 3.81. The van der Waals surface area contributed by atoms with Gasteiger partial charge < -0.3 is 11.1 Å². The van der Waals surface area contributed by atoms with Crippen LogP contribution in [0.4, 0.5) is 5.69 Å². The summed E-state index contributed by atoms with van der Waals surface area (Å²) in [5, 5.41) is 2.88. The highest BCUT2D eigenvalue weighted by molar-refractivity contribution is 14.1. The van der Waals surface area contributed by atoms with E-state index in [4.69, 9.17) is 5.73 Å². The number of carbonyl (C=O) groups is 1. The van der Waals surface area contributed by atoms with Crippen molar-refractivity contribution in [3.05, 3.63) is 27.3 Å². The van der Waals surface area contributed by atoms with E-state index in [-0.39, 0.29) is 5.91 Å². The van der Waals surface area contributed by atoms with Crippen molar-refractivity contribution in [2.24, 2.45) is 0 Å². The Morgan fingerprint density at radius 3 is 2.93 bits per heavy atom. The zero-order valence-corrected chi connectivity index (χ0v) is 10.5. The third-order valence-corrected chi connectivity index (χ3v) is 3.43. The molecule has 0 bridgehead atoms. The van der Waals surface area contributed by atoms with Crippen molar-refractivity contribution in [1.82, 2.24) is 5.32 Å². The molecule has 1 amide bonds. The van der Waals surface area contributed by atoms with Crippen molar-refractivity contribution in [2.45, 2.75) is 18.8 Å². The molecule has 1 aromatic rings. The number of carbonyl (C=O) groups excluding carboxylic acids is 1. The van der Waals surface area contributed by atoms with Crippen LogP contribution in [0.5, 0.6) is 0 Å². The molecule has 1 heterocycles. The van der Waals surface area contributed by atoms with Crippen molar-refractivity contribution in [3.63, 3.8) is 0 Å². The van der Waals surface area contributed by atoms with Gasteiger partial charge in [-0.15, -0.1) is 0 Å². The summed E-state index contributed by atoms with van der Waals surface area (Å²) in [6, 6.07) is 6.05. The van der Waals surface area contributed by atoms with Crippen molar-refractivity contribution in [2.75, 3.05) is 12.3 Å². The first-order valence-corrected chi connectivity index (χ1v) is 6.06. The zero-order valence-electron chi connectivity index (χ0n) is 8.29. The van der Waals surface area contributed by atoms with Gasteiger partial charge in [-0.05, 0) is 52.8 Å². The molecule has 1 aliphatic heterocycles. The number of amides is 1. The topological polar surface area (TPSA) is 55.1 Å². The van der Waals surface area contributed by atoms with Crippen LogP contribution in [0.1, 0.15) is 24.3 Å². The van der Waals surface area contributed by atoms with Crippen molar-refractivity contribution < 1.29 is 4.79 Å². The van der Waals surface area contributed by atoms with Crippen LogP contribution in [-0.2, 0) is 4.79 Å². The van der Waals surface area contributed by atoms with Crippen molar-refractivity contribution in [1.29, 1.82) is 0 Å². The highest BCUT2D eigenvalue weighted by Gasteiger charge is 2.21. The van der Waals surface area contributed by atoms with E-state index in [1.165, 1.54) is 9.13 Å². The summed E-state index contributed by atoms with van der Waals surface area (Å²) in [5.74, 6) is 0.521.